The fraction of sp³-hybridized carbons (Fsp3) is 0.357. The molecule has 0 bridgehead atoms. The Morgan fingerprint density at radius 1 is 1.27 bits per heavy atom. The van der Waals surface area contributed by atoms with Crippen LogP contribution in [0.4, 0.5) is 4.79 Å². The van der Waals surface area contributed by atoms with Gasteiger partial charge in [-0.2, -0.15) is 0 Å². The molecule has 8 heteroatoms. The van der Waals surface area contributed by atoms with Crippen LogP contribution in [0, 0.1) is 0 Å². The van der Waals surface area contributed by atoms with Crippen LogP contribution in [0.25, 0.3) is 0 Å². The van der Waals surface area contributed by atoms with Crippen molar-refractivity contribution in [1.29, 1.82) is 0 Å². The van der Waals surface area contributed by atoms with Crippen LogP contribution in [0.2, 0.25) is 0 Å². The molecule has 8 nitrogen and oxygen atoms in total. The summed E-state index contributed by atoms with van der Waals surface area (Å²) in [5, 5.41) is 1.83. The van der Waals surface area contributed by atoms with Gasteiger partial charge in [-0.25, -0.2) is 9.59 Å². The zero-order valence-corrected chi connectivity index (χ0v) is 12.5. The van der Waals surface area contributed by atoms with E-state index in [1.54, 1.807) is 13.0 Å². The van der Waals surface area contributed by atoms with Crippen LogP contribution in [0.5, 0.6) is 11.5 Å². The Balaban J connectivity index is 2.83. The first-order chi connectivity index (χ1) is 10.4. The Kier molecular flexibility index (Phi) is 6.18. The Morgan fingerprint density at radius 2 is 1.95 bits per heavy atom. The maximum absolute atomic E-state index is 12.0. The van der Waals surface area contributed by atoms with E-state index >= 15 is 0 Å². The van der Waals surface area contributed by atoms with Gasteiger partial charge in [0.1, 0.15) is 0 Å². The molecule has 3 N–H and O–H groups in total. The number of benzene rings is 1. The number of carbonyl (C=O) groups excluding carboxylic acids is 3. The lowest BCUT2D eigenvalue weighted by atomic mass is 10.2. The highest BCUT2D eigenvalue weighted by molar-refractivity contribution is 5.98. The third-order valence-corrected chi connectivity index (χ3v) is 2.60. The van der Waals surface area contributed by atoms with Crippen molar-refractivity contribution in [2.75, 3.05) is 13.7 Å². The number of rotatable bonds is 6. The number of primary amides is 1. The largest absolute Gasteiger partial charge is 0.493 e. The lowest BCUT2D eigenvalue weighted by Gasteiger charge is -2.14. The maximum atomic E-state index is 12.0. The summed E-state index contributed by atoms with van der Waals surface area (Å²) in [7, 11) is 1.48. The standard InChI is InChI=1S/C14H18N2O6/c1-4-21-11-7-9(5-6-10(11)20-3)13(18)22-8(2)12(17)16-14(15)19/h5-8H,4H2,1-3H3,(H3,15,16,17,19)/t8-/m1/s1. The SMILES string of the molecule is CCOc1cc(C(=O)O[C@H](C)C(=O)NC(N)=O)ccc1OC. The van der Waals surface area contributed by atoms with E-state index in [1.807, 2.05) is 5.32 Å². The highest BCUT2D eigenvalue weighted by Crippen LogP contribution is 2.28. The van der Waals surface area contributed by atoms with Crippen LogP contribution in [0.3, 0.4) is 0 Å². The second kappa shape index (κ2) is 7.87. The number of amides is 3. The summed E-state index contributed by atoms with van der Waals surface area (Å²) in [5.74, 6) is -0.693. The van der Waals surface area contributed by atoms with Gasteiger partial charge in [0.15, 0.2) is 17.6 Å². The highest BCUT2D eigenvalue weighted by atomic mass is 16.5. The topological polar surface area (TPSA) is 117 Å². The van der Waals surface area contributed by atoms with Gasteiger partial charge in [-0.1, -0.05) is 0 Å². The molecule has 0 spiro atoms. The highest BCUT2D eigenvalue weighted by Gasteiger charge is 2.21. The van der Waals surface area contributed by atoms with Crippen molar-refractivity contribution in [2.24, 2.45) is 5.73 Å². The summed E-state index contributed by atoms with van der Waals surface area (Å²) < 4.78 is 15.4. The summed E-state index contributed by atoms with van der Waals surface area (Å²) in [6.45, 7) is 3.51. The van der Waals surface area contributed by atoms with Crippen LogP contribution >= 0.6 is 0 Å². The van der Waals surface area contributed by atoms with Crippen molar-refractivity contribution >= 4 is 17.9 Å². The molecule has 1 rings (SSSR count). The molecule has 3 amide bonds. The predicted molar refractivity (Wildman–Crippen MR) is 76.8 cm³/mol. The first-order valence-electron chi connectivity index (χ1n) is 6.51. The van der Waals surface area contributed by atoms with E-state index in [2.05, 4.69) is 0 Å². The van der Waals surface area contributed by atoms with Crippen LogP contribution in [0.1, 0.15) is 24.2 Å². The van der Waals surface area contributed by atoms with Crippen molar-refractivity contribution in [3.8, 4) is 11.5 Å². The molecule has 0 fully saturated rings. The number of ether oxygens (including phenoxy) is 3. The fourth-order valence-corrected chi connectivity index (χ4v) is 1.58. The second-order valence-electron chi connectivity index (χ2n) is 4.20. The number of nitrogens with one attached hydrogen (secondary N) is 1. The van der Waals surface area contributed by atoms with Gasteiger partial charge in [0.25, 0.3) is 5.91 Å². The summed E-state index contributed by atoms with van der Waals surface area (Å²) in [6, 6.07) is 3.46. The molecule has 0 aliphatic rings. The van der Waals surface area contributed by atoms with Gasteiger partial charge in [-0.05, 0) is 32.0 Å². The predicted octanol–water partition coefficient (Wildman–Crippen LogP) is 0.834. The van der Waals surface area contributed by atoms with Gasteiger partial charge in [0, 0.05) is 0 Å². The van der Waals surface area contributed by atoms with Gasteiger partial charge in [-0.15, -0.1) is 0 Å². The molecule has 0 aromatic heterocycles. The third-order valence-electron chi connectivity index (χ3n) is 2.60. The number of urea groups is 1. The zero-order valence-electron chi connectivity index (χ0n) is 12.5. The van der Waals surface area contributed by atoms with Crippen molar-refractivity contribution < 1.29 is 28.6 Å². The maximum Gasteiger partial charge on any atom is 0.339 e. The number of carbonyl (C=O) groups is 3. The number of methoxy groups -OCH3 is 1. The van der Waals surface area contributed by atoms with E-state index in [1.165, 1.54) is 26.2 Å². The molecule has 0 aliphatic heterocycles. The molecule has 120 valence electrons. The molecule has 0 saturated carbocycles. The Labute approximate surface area is 127 Å². The van der Waals surface area contributed by atoms with Gasteiger partial charge < -0.3 is 19.9 Å². The first-order valence-corrected chi connectivity index (χ1v) is 6.51. The van der Waals surface area contributed by atoms with E-state index < -0.39 is 24.0 Å². The quantitative estimate of drug-likeness (QED) is 0.752. The third kappa shape index (κ3) is 4.65. The number of esters is 1. The lowest BCUT2D eigenvalue weighted by Crippen LogP contribution is -2.42. The van der Waals surface area contributed by atoms with Gasteiger partial charge in [0.2, 0.25) is 0 Å². The number of hydrogen-bond donors (Lipinski definition) is 2. The summed E-state index contributed by atoms with van der Waals surface area (Å²) in [6.07, 6.45) is -1.17. The fourth-order valence-electron chi connectivity index (χ4n) is 1.58. The second-order valence-corrected chi connectivity index (χ2v) is 4.20. The molecule has 0 saturated heterocycles. The van der Waals surface area contributed by atoms with Gasteiger partial charge in [0.05, 0.1) is 19.3 Å². The molecule has 0 aliphatic carbocycles. The van der Waals surface area contributed by atoms with E-state index in [0.717, 1.165) is 0 Å². The number of imide groups is 1. The van der Waals surface area contributed by atoms with Crippen molar-refractivity contribution in [1.82, 2.24) is 5.32 Å². The Morgan fingerprint density at radius 3 is 2.50 bits per heavy atom. The molecule has 22 heavy (non-hydrogen) atoms. The zero-order chi connectivity index (χ0) is 16.7. The van der Waals surface area contributed by atoms with Gasteiger partial charge in [-0.3, -0.25) is 10.1 Å². The minimum atomic E-state index is -1.17. The summed E-state index contributed by atoms with van der Waals surface area (Å²) in [5.41, 5.74) is 5.00. The molecule has 0 unspecified atom stereocenters. The number of nitrogens with two attached hydrogens (primary N) is 1. The molecule has 0 radical (unpaired) electrons. The van der Waals surface area contributed by atoms with E-state index in [-0.39, 0.29) is 5.56 Å². The smallest absolute Gasteiger partial charge is 0.339 e. The van der Waals surface area contributed by atoms with Crippen molar-refractivity contribution in [2.45, 2.75) is 20.0 Å². The molecule has 1 atom stereocenters. The van der Waals surface area contributed by atoms with Crippen LogP contribution in [-0.2, 0) is 9.53 Å². The minimum Gasteiger partial charge on any atom is -0.493 e. The van der Waals surface area contributed by atoms with E-state index in [0.29, 0.717) is 18.1 Å². The number of hydrogen-bond acceptors (Lipinski definition) is 6. The average molecular weight is 310 g/mol. The summed E-state index contributed by atoms with van der Waals surface area (Å²) >= 11 is 0. The Bertz CT molecular complexity index is 572. The normalized spacial score (nSPS) is 11.2. The molecule has 1 aromatic rings. The van der Waals surface area contributed by atoms with Crippen LogP contribution in [0.15, 0.2) is 18.2 Å². The first kappa shape index (κ1) is 17.3. The van der Waals surface area contributed by atoms with Crippen molar-refractivity contribution in [3.63, 3.8) is 0 Å². The van der Waals surface area contributed by atoms with Crippen LogP contribution in [-0.4, -0.2) is 37.7 Å². The minimum absolute atomic E-state index is 0.183. The van der Waals surface area contributed by atoms with Gasteiger partial charge >= 0.3 is 12.0 Å². The Hall–Kier alpha value is -2.77. The monoisotopic (exact) mass is 310 g/mol. The molecule has 0 heterocycles. The van der Waals surface area contributed by atoms with E-state index in [4.69, 9.17) is 19.9 Å². The molecular formula is C14H18N2O6. The van der Waals surface area contributed by atoms with E-state index in [9.17, 15) is 14.4 Å². The lowest BCUT2D eigenvalue weighted by molar-refractivity contribution is -0.127. The summed E-state index contributed by atoms with van der Waals surface area (Å²) in [4.78, 5) is 34.0. The average Bonchev–Trinajstić information content (AvgIpc) is 2.46. The van der Waals surface area contributed by atoms with Crippen molar-refractivity contribution in [3.05, 3.63) is 23.8 Å². The molecule has 1 aromatic carbocycles. The van der Waals surface area contributed by atoms with Crippen LogP contribution < -0.4 is 20.5 Å². The molecular weight excluding hydrogens is 292 g/mol.